The first-order valence-electron chi connectivity index (χ1n) is 4.14. The standard InChI is InChI=1S/C9H10N2O2/c10-9(12)7-2-1-6-3-4-13-5-8(6)11-7/h1-2H,3-5H2,(H2,10,12). The fraction of sp³-hybridized carbons (Fsp3) is 0.333. The third-order valence-corrected chi connectivity index (χ3v) is 2.08. The normalized spacial score (nSPS) is 15.1. The van der Waals surface area contributed by atoms with Gasteiger partial charge in [-0.2, -0.15) is 0 Å². The first kappa shape index (κ1) is 8.19. The van der Waals surface area contributed by atoms with Crippen LogP contribution in [0.3, 0.4) is 0 Å². The Labute approximate surface area is 75.7 Å². The predicted octanol–water partition coefficient (Wildman–Crippen LogP) is 0.253. The van der Waals surface area contributed by atoms with Crippen molar-refractivity contribution in [2.24, 2.45) is 5.73 Å². The summed E-state index contributed by atoms with van der Waals surface area (Å²) < 4.78 is 5.22. The number of pyridine rings is 1. The molecule has 0 fully saturated rings. The minimum Gasteiger partial charge on any atom is -0.375 e. The molecular weight excluding hydrogens is 168 g/mol. The molecule has 0 radical (unpaired) electrons. The molecule has 4 heteroatoms. The number of primary amides is 1. The van der Waals surface area contributed by atoms with Crippen molar-refractivity contribution in [2.75, 3.05) is 6.61 Å². The molecule has 2 rings (SSSR count). The van der Waals surface area contributed by atoms with E-state index in [4.69, 9.17) is 10.5 Å². The van der Waals surface area contributed by atoms with Gasteiger partial charge in [0.15, 0.2) is 0 Å². The van der Waals surface area contributed by atoms with E-state index in [9.17, 15) is 4.79 Å². The Morgan fingerprint density at radius 3 is 3.15 bits per heavy atom. The molecule has 1 aliphatic heterocycles. The molecular formula is C9H10N2O2. The van der Waals surface area contributed by atoms with Gasteiger partial charge in [0.2, 0.25) is 0 Å². The van der Waals surface area contributed by atoms with Crippen LogP contribution in [0.25, 0.3) is 0 Å². The number of carbonyl (C=O) groups is 1. The van der Waals surface area contributed by atoms with Crippen molar-refractivity contribution < 1.29 is 9.53 Å². The van der Waals surface area contributed by atoms with Crippen LogP contribution in [0.4, 0.5) is 0 Å². The molecule has 4 nitrogen and oxygen atoms in total. The molecule has 2 N–H and O–H groups in total. The van der Waals surface area contributed by atoms with Gasteiger partial charge in [-0.1, -0.05) is 6.07 Å². The van der Waals surface area contributed by atoms with Crippen molar-refractivity contribution in [3.05, 3.63) is 29.1 Å². The first-order chi connectivity index (χ1) is 6.27. The lowest BCUT2D eigenvalue weighted by Gasteiger charge is -2.15. The number of amides is 1. The van der Waals surface area contributed by atoms with Gasteiger partial charge in [-0.05, 0) is 18.1 Å². The minimum absolute atomic E-state index is 0.309. The topological polar surface area (TPSA) is 65.2 Å². The Kier molecular flexibility index (Phi) is 1.98. The maximum absolute atomic E-state index is 10.8. The highest BCUT2D eigenvalue weighted by atomic mass is 16.5. The molecule has 0 unspecified atom stereocenters. The van der Waals surface area contributed by atoms with Crippen LogP contribution in [-0.2, 0) is 17.8 Å². The molecule has 13 heavy (non-hydrogen) atoms. The lowest BCUT2D eigenvalue weighted by atomic mass is 10.1. The van der Waals surface area contributed by atoms with E-state index in [-0.39, 0.29) is 0 Å². The highest BCUT2D eigenvalue weighted by molar-refractivity contribution is 5.90. The summed E-state index contributed by atoms with van der Waals surface area (Å²) in [6.07, 6.45) is 0.862. The van der Waals surface area contributed by atoms with E-state index in [1.54, 1.807) is 6.07 Å². The summed E-state index contributed by atoms with van der Waals surface area (Å²) in [5.41, 5.74) is 7.40. The Morgan fingerprint density at radius 2 is 2.38 bits per heavy atom. The molecule has 0 bridgehead atoms. The van der Waals surface area contributed by atoms with Gasteiger partial charge in [0.25, 0.3) is 5.91 Å². The zero-order valence-corrected chi connectivity index (χ0v) is 7.12. The molecule has 0 aromatic carbocycles. The maximum Gasteiger partial charge on any atom is 0.267 e. The van der Waals surface area contributed by atoms with Crippen molar-refractivity contribution in [3.8, 4) is 0 Å². The number of rotatable bonds is 1. The monoisotopic (exact) mass is 178 g/mol. The molecule has 0 spiro atoms. The van der Waals surface area contributed by atoms with E-state index in [0.29, 0.717) is 12.3 Å². The minimum atomic E-state index is -0.492. The number of nitrogens with two attached hydrogens (primary N) is 1. The molecule has 68 valence electrons. The van der Waals surface area contributed by atoms with Gasteiger partial charge in [-0.15, -0.1) is 0 Å². The lowest BCUT2D eigenvalue weighted by molar-refractivity contribution is 0.0985. The molecule has 2 heterocycles. The molecule has 0 atom stereocenters. The van der Waals surface area contributed by atoms with Crippen molar-refractivity contribution in [2.45, 2.75) is 13.0 Å². The van der Waals surface area contributed by atoms with Gasteiger partial charge < -0.3 is 10.5 Å². The Hall–Kier alpha value is -1.42. The third kappa shape index (κ3) is 1.53. The molecule has 1 aromatic heterocycles. The average Bonchev–Trinajstić information content (AvgIpc) is 2.17. The number of carbonyl (C=O) groups excluding carboxylic acids is 1. The molecule has 0 saturated heterocycles. The maximum atomic E-state index is 10.8. The SMILES string of the molecule is NC(=O)c1ccc2c(n1)COCC2. The van der Waals surface area contributed by atoms with Crippen LogP contribution in [0.1, 0.15) is 21.7 Å². The summed E-state index contributed by atoms with van der Waals surface area (Å²) in [5, 5.41) is 0. The van der Waals surface area contributed by atoms with E-state index in [0.717, 1.165) is 24.3 Å². The average molecular weight is 178 g/mol. The number of ether oxygens (including phenoxy) is 1. The van der Waals surface area contributed by atoms with Gasteiger partial charge in [-0.25, -0.2) is 4.98 Å². The van der Waals surface area contributed by atoms with Crippen LogP contribution in [0.2, 0.25) is 0 Å². The Bertz CT molecular complexity index is 349. The van der Waals surface area contributed by atoms with E-state index in [1.165, 1.54) is 0 Å². The fourth-order valence-corrected chi connectivity index (χ4v) is 1.37. The number of aromatic nitrogens is 1. The van der Waals surface area contributed by atoms with Crippen molar-refractivity contribution in [1.29, 1.82) is 0 Å². The number of hydrogen-bond acceptors (Lipinski definition) is 3. The molecule has 0 saturated carbocycles. The number of nitrogens with zero attached hydrogens (tertiary/aromatic N) is 1. The van der Waals surface area contributed by atoms with E-state index in [2.05, 4.69) is 4.98 Å². The van der Waals surface area contributed by atoms with E-state index < -0.39 is 5.91 Å². The van der Waals surface area contributed by atoms with Gasteiger partial charge in [0.1, 0.15) is 5.69 Å². The van der Waals surface area contributed by atoms with Gasteiger partial charge in [-0.3, -0.25) is 4.79 Å². The molecule has 1 amide bonds. The lowest BCUT2D eigenvalue weighted by Crippen LogP contribution is -2.17. The summed E-state index contributed by atoms with van der Waals surface area (Å²) >= 11 is 0. The van der Waals surface area contributed by atoms with Crippen LogP contribution >= 0.6 is 0 Å². The fourth-order valence-electron chi connectivity index (χ4n) is 1.37. The molecule has 1 aliphatic rings. The molecule has 1 aromatic rings. The van der Waals surface area contributed by atoms with Gasteiger partial charge >= 0.3 is 0 Å². The van der Waals surface area contributed by atoms with E-state index >= 15 is 0 Å². The summed E-state index contributed by atoms with van der Waals surface area (Å²) in [7, 11) is 0. The second-order valence-electron chi connectivity index (χ2n) is 2.97. The zero-order valence-electron chi connectivity index (χ0n) is 7.12. The quantitative estimate of drug-likeness (QED) is 0.670. The van der Waals surface area contributed by atoms with E-state index in [1.807, 2.05) is 6.07 Å². The number of fused-ring (bicyclic) bond motifs is 1. The summed E-state index contributed by atoms with van der Waals surface area (Å²) in [4.78, 5) is 14.9. The predicted molar refractivity (Wildman–Crippen MR) is 46.1 cm³/mol. The first-order valence-corrected chi connectivity index (χ1v) is 4.14. The second-order valence-corrected chi connectivity index (χ2v) is 2.97. The highest BCUT2D eigenvalue weighted by Crippen LogP contribution is 2.14. The van der Waals surface area contributed by atoms with Crippen molar-refractivity contribution in [1.82, 2.24) is 4.98 Å². The largest absolute Gasteiger partial charge is 0.375 e. The van der Waals surface area contributed by atoms with Crippen molar-refractivity contribution >= 4 is 5.91 Å². The summed E-state index contributed by atoms with van der Waals surface area (Å²) in [6, 6.07) is 3.55. The van der Waals surface area contributed by atoms with Crippen LogP contribution in [0.15, 0.2) is 12.1 Å². The van der Waals surface area contributed by atoms with Gasteiger partial charge in [0, 0.05) is 0 Å². The Balaban J connectivity index is 2.40. The van der Waals surface area contributed by atoms with Crippen LogP contribution in [0.5, 0.6) is 0 Å². The zero-order chi connectivity index (χ0) is 9.26. The van der Waals surface area contributed by atoms with Gasteiger partial charge in [0.05, 0.1) is 18.9 Å². The molecule has 0 aliphatic carbocycles. The summed E-state index contributed by atoms with van der Waals surface area (Å²) in [6.45, 7) is 1.21. The third-order valence-electron chi connectivity index (χ3n) is 2.08. The van der Waals surface area contributed by atoms with Crippen LogP contribution in [0, 0.1) is 0 Å². The van der Waals surface area contributed by atoms with Crippen LogP contribution < -0.4 is 5.73 Å². The number of hydrogen-bond donors (Lipinski definition) is 1. The van der Waals surface area contributed by atoms with Crippen molar-refractivity contribution in [3.63, 3.8) is 0 Å². The summed E-state index contributed by atoms with van der Waals surface area (Å²) in [5.74, 6) is -0.492. The van der Waals surface area contributed by atoms with Crippen LogP contribution in [-0.4, -0.2) is 17.5 Å². The highest BCUT2D eigenvalue weighted by Gasteiger charge is 2.12. The Morgan fingerprint density at radius 1 is 1.54 bits per heavy atom. The smallest absolute Gasteiger partial charge is 0.267 e. The second kappa shape index (κ2) is 3.14.